The van der Waals surface area contributed by atoms with Gasteiger partial charge in [0.25, 0.3) is 0 Å². The number of morpholine rings is 1. The van der Waals surface area contributed by atoms with E-state index in [-0.39, 0.29) is 12.2 Å². The minimum Gasteiger partial charge on any atom is -0.373 e. The number of nitrogens with one attached hydrogen (secondary N) is 2. The van der Waals surface area contributed by atoms with Crippen molar-refractivity contribution < 1.29 is 13.5 Å². The zero-order chi connectivity index (χ0) is 23.1. The molecule has 0 aliphatic carbocycles. The van der Waals surface area contributed by atoms with E-state index >= 15 is 0 Å². The summed E-state index contributed by atoms with van der Waals surface area (Å²) in [5, 5.41) is 10.1. The lowest BCUT2D eigenvalue weighted by Crippen LogP contribution is -2.63. The molecule has 2 N–H and O–H groups in total. The Kier molecular flexibility index (Phi) is 5.76. The van der Waals surface area contributed by atoms with Crippen LogP contribution in [0.4, 0.5) is 26.1 Å². The van der Waals surface area contributed by atoms with Crippen LogP contribution in [0, 0.1) is 18.6 Å². The maximum atomic E-state index is 13.5. The van der Waals surface area contributed by atoms with Gasteiger partial charge in [-0.05, 0) is 56.7 Å². The van der Waals surface area contributed by atoms with Crippen LogP contribution in [0.3, 0.4) is 0 Å². The maximum absolute atomic E-state index is 13.5. The van der Waals surface area contributed by atoms with Gasteiger partial charge in [0.15, 0.2) is 5.82 Å². The van der Waals surface area contributed by atoms with Crippen LogP contribution >= 0.6 is 0 Å². The molecule has 0 saturated carbocycles. The molecule has 3 heterocycles. The van der Waals surface area contributed by atoms with E-state index in [9.17, 15) is 8.78 Å². The fraction of sp³-hybridized carbons (Fsp3) is 0.417. The van der Waals surface area contributed by atoms with E-state index in [4.69, 9.17) is 4.74 Å². The molecule has 33 heavy (non-hydrogen) atoms. The van der Waals surface area contributed by atoms with E-state index in [1.807, 2.05) is 6.07 Å². The van der Waals surface area contributed by atoms with Gasteiger partial charge in [0.2, 0.25) is 5.95 Å². The van der Waals surface area contributed by atoms with Crippen LogP contribution in [0.15, 0.2) is 36.4 Å². The van der Waals surface area contributed by atoms with Crippen molar-refractivity contribution in [2.24, 2.45) is 0 Å². The van der Waals surface area contributed by atoms with Gasteiger partial charge < -0.3 is 15.0 Å². The van der Waals surface area contributed by atoms with E-state index < -0.39 is 11.6 Å². The van der Waals surface area contributed by atoms with Gasteiger partial charge in [0.1, 0.15) is 11.6 Å². The van der Waals surface area contributed by atoms with Gasteiger partial charge in [-0.1, -0.05) is 0 Å². The lowest BCUT2D eigenvalue weighted by atomic mass is 10.0. The summed E-state index contributed by atoms with van der Waals surface area (Å²) in [7, 11) is 0. The number of H-pyrrole nitrogens is 1. The average Bonchev–Trinajstić information content (AvgIpc) is 3.13. The molecule has 2 aromatic carbocycles. The Morgan fingerprint density at radius 3 is 2.36 bits per heavy atom. The predicted octanol–water partition coefficient (Wildman–Crippen LogP) is 4.10. The van der Waals surface area contributed by atoms with Crippen molar-refractivity contribution in [3.8, 4) is 11.4 Å². The first-order valence-corrected chi connectivity index (χ1v) is 11.2. The summed E-state index contributed by atoms with van der Waals surface area (Å²) < 4.78 is 32.9. The molecular formula is C24H28F2N6O. The molecule has 2 aliphatic rings. The molecular weight excluding hydrogens is 426 g/mol. The predicted molar refractivity (Wildman–Crippen MR) is 124 cm³/mol. The first-order valence-electron chi connectivity index (χ1n) is 11.2. The number of rotatable bonds is 5. The third-order valence-corrected chi connectivity index (χ3v) is 6.13. The van der Waals surface area contributed by atoms with Gasteiger partial charge >= 0.3 is 0 Å². The Hall–Kier alpha value is -3.04. The highest BCUT2D eigenvalue weighted by molar-refractivity contribution is 5.66. The fourth-order valence-corrected chi connectivity index (χ4v) is 4.70. The van der Waals surface area contributed by atoms with Gasteiger partial charge in [0, 0.05) is 55.2 Å². The summed E-state index contributed by atoms with van der Waals surface area (Å²) >= 11 is 0. The summed E-state index contributed by atoms with van der Waals surface area (Å²) in [5.41, 5.74) is 3.43. The van der Waals surface area contributed by atoms with Gasteiger partial charge in [-0.25, -0.2) is 8.78 Å². The summed E-state index contributed by atoms with van der Waals surface area (Å²) in [5.74, 6) is -0.687. The molecule has 0 radical (unpaired) electrons. The zero-order valence-electron chi connectivity index (χ0n) is 19.0. The molecule has 1 aromatic heterocycles. The molecule has 2 saturated heterocycles. The van der Waals surface area contributed by atoms with Crippen LogP contribution < -0.4 is 10.2 Å². The van der Waals surface area contributed by atoms with Crippen molar-refractivity contribution in [2.45, 2.75) is 39.0 Å². The molecule has 2 fully saturated rings. The van der Waals surface area contributed by atoms with Gasteiger partial charge in [0.05, 0.1) is 12.2 Å². The topological polar surface area (TPSA) is 69.3 Å². The number of hydrogen-bond acceptors (Lipinski definition) is 6. The van der Waals surface area contributed by atoms with Crippen LogP contribution in [-0.4, -0.2) is 64.5 Å². The lowest BCUT2D eigenvalue weighted by Gasteiger charge is -2.49. The van der Waals surface area contributed by atoms with Crippen molar-refractivity contribution in [3.63, 3.8) is 0 Å². The maximum Gasteiger partial charge on any atom is 0.246 e. The molecule has 5 rings (SSSR count). The van der Waals surface area contributed by atoms with Crippen molar-refractivity contribution in [1.29, 1.82) is 0 Å². The van der Waals surface area contributed by atoms with Crippen LogP contribution in [0.1, 0.15) is 19.4 Å². The number of aromatic amines is 1. The molecule has 0 bridgehead atoms. The third-order valence-electron chi connectivity index (χ3n) is 6.13. The van der Waals surface area contributed by atoms with Crippen LogP contribution in [0.25, 0.3) is 11.4 Å². The van der Waals surface area contributed by atoms with Crippen molar-refractivity contribution >= 4 is 17.3 Å². The van der Waals surface area contributed by atoms with Crippen LogP contribution in [0.5, 0.6) is 0 Å². The molecule has 2 aliphatic heterocycles. The summed E-state index contributed by atoms with van der Waals surface area (Å²) in [6, 6.07) is 10.1. The lowest BCUT2D eigenvalue weighted by molar-refractivity contribution is -0.0831. The van der Waals surface area contributed by atoms with Gasteiger partial charge in [-0.3, -0.25) is 10.00 Å². The van der Waals surface area contributed by atoms with Crippen molar-refractivity contribution in [2.75, 3.05) is 36.4 Å². The smallest absolute Gasteiger partial charge is 0.246 e. The standard InChI is InChI=1S/C24H28F2N6O/c1-14-4-20(27-24-28-23(29-30-24)17-6-18(25)8-19(26)7-17)9-21(5-14)32-12-22(13-32)31-10-15(2)33-16(3)11-31/h4-9,15-16,22H,10-13H2,1-3H3,(H2,27,28,29,30)/t15-,16-/m1/s1. The number of aromatic nitrogens is 3. The number of ether oxygens (including phenoxy) is 1. The van der Waals surface area contributed by atoms with Crippen molar-refractivity contribution in [3.05, 3.63) is 53.6 Å². The van der Waals surface area contributed by atoms with Crippen LogP contribution in [-0.2, 0) is 4.74 Å². The monoisotopic (exact) mass is 454 g/mol. The van der Waals surface area contributed by atoms with Crippen LogP contribution in [0.2, 0.25) is 0 Å². The second kappa shape index (κ2) is 8.72. The summed E-state index contributed by atoms with van der Waals surface area (Å²) in [6.07, 6.45) is 0.542. The number of benzene rings is 2. The largest absolute Gasteiger partial charge is 0.373 e. The molecule has 0 spiro atoms. The second-order valence-corrected chi connectivity index (χ2v) is 9.12. The molecule has 7 nitrogen and oxygen atoms in total. The third kappa shape index (κ3) is 4.84. The first kappa shape index (κ1) is 21.8. The van der Waals surface area contributed by atoms with Gasteiger partial charge in [-0.15, -0.1) is 5.10 Å². The highest BCUT2D eigenvalue weighted by atomic mass is 19.1. The van der Waals surface area contributed by atoms with Crippen molar-refractivity contribution in [1.82, 2.24) is 20.1 Å². The molecule has 9 heteroatoms. The fourth-order valence-electron chi connectivity index (χ4n) is 4.70. The highest BCUT2D eigenvalue weighted by Gasteiger charge is 2.35. The average molecular weight is 455 g/mol. The van der Waals surface area contributed by atoms with E-state index in [0.717, 1.165) is 49.2 Å². The number of aryl methyl sites for hydroxylation is 1. The number of hydrogen-bond donors (Lipinski definition) is 2. The summed E-state index contributed by atoms with van der Waals surface area (Å²) in [6.45, 7) is 10.2. The molecule has 0 amide bonds. The number of anilines is 3. The highest BCUT2D eigenvalue weighted by Crippen LogP contribution is 2.30. The van der Waals surface area contributed by atoms with E-state index in [2.05, 4.69) is 63.2 Å². The minimum absolute atomic E-state index is 0.271. The molecule has 174 valence electrons. The SMILES string of the molecule is Cc1cc(Nc2n[nH]c(-c3cc(F)cc(F)c3)n2)cc(N2CC(N3C[C@@H](C)O[C@H](C)C3)C2)c1. The van der Waals surface area contributed by atoms with E-state index in [0.29, 0.717) is 23.4 Å². The number of halogens is 2. The first-order chi connectivity index (χ1) is 15.8. The van der Waals surface area contributed by atoms with E-state index in [1.54, 1.807) is 0 Å². The molecule has 0 unspecified atom stereocenters. The molecule has 3 aromatic rings. The zero-order valence-corrected chi connectivity index (χ0v) is 19.0. The Morgan fingerprint density at radius 1 is 0.970 bits per heavy atom. The Labute approximate surface area is 191 Å². The quantitative estimate of drug-likeness (QED) is 0.605. The summed E-state index contributed by atoms with van der Waals surface area (Å²) in [4.78, 5) is 9.24. The molecule has 2 atom stereocenters. The Morgan fingerprint density at radius 2 is 1.67 bits per heavy atom. The normalized spacial score (nSPS) is 21.8. The minimum atomic E-state index is -0.659. The van der Waals surface area contributed by atoms with E-state index in [1.165, 1.54) is 12.1 Å². The number of nitrogens with zero attached hydrogens (tertiary/aromatic N) is 4. The van der Waals surface area contributed by atoms with Gasteiger partial charge in [-0.2, -0.15) is 4.98 Å². The Bertz CT molecular complexity index is 1120. The second-order valence-electron chi connectivity index (χ2n) is 9.12. The Balaban J connectivity index is 1.26.